The van der Waals surface area contributed by atoms with Crippen LogP contribution in [0.1, 0.15) is 30.9 Å². The smallest absolute Gasteiger partial charge is 0.225 e. The van der Waals surface area contributed by atoms with Gasteiger partial charge >= 0.3 is 0 Å². The summed E-state index contributed by atoms with van der Waals surface area (Å²) in [6.07, 6.45) is 1.57. The van der Waals surface area contributed by atoms with E-state index in [-0.39, 0.29) is 29.4 Å². The molecule has 1 fully saturated rings. The van der Waals surface area contributed by atoms with E-state index in [1.165, 1.54) is 12.1 Å². The van der Waals surface area contributed by atoms with Gasteiger partial charge in [0, 0.05) is 30.8 Å². The van der Waals surface area contributed by atoms with Crippen molar-refractivity contribution < 1.29 is 13.9 Å². The van der Waals surface area contributed by atoms with E-state index in [4.69, 9.17) is 15.7 Å². The number of nitriles is 1. The zero-order valence-corrected chi connectivity index (χ0v) is 19.7. The first kappa shape index (κ1) is 24.0. The highest BCUT2D eigenvalue weighted by molar-refractivity contribution is 5.79. The lowest BCUT2D eigenvalue weighted by Gasteiger charge is -2.38. The molecule has 1 saturated heterocycles. The molecule has 8 nitrogen and oxygen atoms in total. The van der Waals surface area contributed by atoms with Crippen LogP contribution in [0, 0.1) is 23.1 Å². The van der Waals surface area contributed by atoms with Crippen LogP contribution in [0.3, 0.4) is 0 Å². The molecule has 9 heteroatoms. The summed E-state index contributed by atoms with van der Waals surface area (Å²) >= 11 is 0. The van der Waals surface area contributed by atoms with E-state index in [0.717, 1.165) is 24.2 Å². The van der Waals surface area contributed by atoms with Gasteiger partial charge in [0.05, 0.1) is 24.3 Å². The molecule has 1 amide bonds. The highest BCUT2D eigenvalue weighted by atomic mass is 19.1. The number of nitrogens with zero attached hydrogens (tertiary/aromatic N) is 4. The Morgan fingerprint density at radius 2 is 2.09 bits per heavy atom. The normalized spacial score (nSPS) is 17.5. The number of hydrogen-bond donors (Lipinski definition) is 2. The maximum Gasteiger partial charge on any atom is 0.225 e. The summed E-state index contributed by atoms with van der Waals surface area (Å²) in [6, 6.07) is 15.6. The molecule has 2 aromatic carbocycles. The van der Waals surface area contributed by atoms with Crippen molar-refractivity contribution in [3.8, 4) is 23.1 Å². The van der Waals surface area contributed by atoms with Gasteiger partial charge in [-0.25, -0.2) is 9.37 Å². The van der Waals surface area contributed by atoms with Gasteiger partial charge in [-0.05, 0) is 49.6 Å². The number of nitrogens with one attached hydrogen (secondary N) is 1. The number of ether oxygens (including phenoxy) is 1. The first-order valence-electron chi connectivity index (χ1n) is 11.4. The Morgan fingerprint density at radius 1 is 1.26 bits per heavy atom. The number of aromatic nitrogens is 2. The molecule has 2 unspecified atom stereocenters. The molecule has 0 spiro atoms. The van der Waals surface area contributed by atoms with Crippen LogP contribution in [-0.4, -0.2) is 35.6 Å². The fourth-order valence-electron chi connectivity index (χ4n) is 4.27. The van der Waals surface area contributed by atoms with Crippen LogP contribution in [0.2, 0.25) is 0 Å². The standard InChI is InChI=1S/C26H27FN6O2/c1-16-6-7-20(25(34)30-14-17-4-3-5-21(10-17)35-2)15-33(16)24-12-23(31-26(29)32-24)18-8-9-19(13-28)22(27)11-18/h3-5,8-12,16,20H,6-7,14-15H2,1-2H3,(H,30,34)(H2,29,31,32). The van der Waals surface area contributed by atoms with Crippen LogP contribution >= 0.6 is 0 Å². The number of halogens is 1. The van der Waals surface area contributed by atoms with Gasteiger partial charge in [-0.2, -0.15) is 10.2 Å². The Kier molecular flexibility index (Phi) is 7.11. The molecule has 35 heavy (non-hydrogen) atoms. The van der Waals surface area contributed by atoms with Crippen molar-refractivity contribution in [1.29, 1.82) is 5.26 Å². The van der Waals surface area contributed by atoms with Gasteiger partial charge in [0.15, 0.2) is 0 Å². The molecule has 1 aromatic heterocycles. The van der Waals surface area contributed by atoms with Gasteiger partial charge < -0.3 is 20.7 Å². The Hall–Kier alpha value is -4.19. The number of nitrogen functional groups attached to an aromatic ring is 1. The maximum atomic E-state index is 14.2. The summed E-state index contributed by atoms with van der Waals surface area (Å²) in [5.41, 5.74) is 7.86. The zero-order valence-electron chi connectivity index (χ0n) is 19.7. The Balaban J connectivity index is 1.50. The predicted molar refractivity (Wildman–Crippen MR) is 131 cm³/mol. The van der Waals surface area contributed by atoms with Crippen molar-refractivity contribution in [1.82, 2.24) is 15.3 Å². The lowest BCUT2D eigenvalue weighted by Crippen LogP contribution is -2.47. The third-order valence-corrected chi connectivity index (χ3v) is 6.26. The third-order valence-electron chi connectivity index (χ3n) is 6.26. The fourth-order valence-corrected chi connectivity index (χ4v) is 4.27. The second-order valence-corrected chi connectivity index (χ2v) is 8.62. The Morgan fingerprint density at radius 3 is 2.83 bits per heavy atom. The van der Waals surface area contributed by atoms with Crippen molar-refractivity contribution >= 4 is 17.7 Å². The molecule has 1 aliphatic heterocycles. The Labute approximate surface area is 203 Å². The second-order valence-electron chi connectivity index (χ2n) is 8.62. The number of methoxy groups -OCH3 is 1. The highest BCUT2D eigenvalue weighted by Gasteiger charge is 2.31. The second kappa shape index (κ2) is 10.4. The van der Waals surface area contributed by atoms with Crippen LogP contribution in [-0.2, 0) is 11.3 Å². The van der Waals surface area contributed by atoms with Crippen molar-refractivity contribution in [3.05, 3.63) is 65.5 Å². The molecule has 3 aromatic rings. The van der Waals surface area contributed by atoms with Crippen molar-refractivity contribution in [3.63, 3.8) is 0 Å². The van der Waals surface area contributed by atoms with Crippen LogP contribution in [0.15, 0.2) is 48.5 Å². The van der Waals surface area contributed by atoms with E-state index in [2.05, 4.69) is 22.2 Å². The number of benzene rings is 2. The van der Waals surface area contributed by atoms with E-state index in [0.29, 0.717) is 30.2 Å². The number of nitrogens with two attached hydrogens (primary N) is 1. The molecule has 4 rings (SSSR count). The summed E-state index contributed by atoms with van der Waals surface area (Å²) in [4.78, 5) is 23.7. The van der Waals surface area contributed by atoms with Crippen LogP contribution < -0.4 is 20.7 Å². The largest absolute Gasteiger partial charge is 0.497 e. The monoisotopic (exact) mass is 474 g/mol. The first-order chi connectivity index (χ1) is 16.9. The molecule has 0 bridgehead atoms. The average Bonchev–Trinajstić information content (AvgIpc) is 2.87. The summed E-state index contributed by atoms with van der Waals surface area (Å²) in [5, 5.41) is 12.0. The van der Waals surface area contributed by atoms with E-state index < -0.39 is 5.82 Å². The van der Waals surface area contributed by atoms with E-state index in [1.807, 2.05) is 35.2 Å². The van der Waals surface area contributed by atoms with Gasteiger partial charge in [-0.3, -0.25) is 4.79 Å². The summed E-state index contributed by atoms with van der Waals surface area (Å²) < 4.78 is 19.4. The minimum absolute atomic E-state index is 0.0267. The van der Waals surface area contributed by atoms with Gasteiger partial charge in [-0.15, -0.1) is 0 Å². The third kappa shape index (κ3) is 5.49. The van der Waals surface area contributed by atoms with E-state index in [9.17, 15) is 9.18 Å². The van der Waals surface area contributed by atoms with Gasteiger partial charge in [-0.1, -0.05) is 18.2 Å². The molecular formula is C26H27FN6O2. The molecule has 1 aliphatic rings. The molecular weight excluding hydrogens is 447 g/mol. The topological polar surface area (TPSA) is 117 Å². The number of anilines is 2. The Bertz CT molecular complexity index is 1270. The molecule has 2 heterocycles. The number of amides is 1. The van der Waals surface area contributed by atoms with Crippen LogP contribution in [0.5, 0.6) is 5.75 Å². The number of hydrogen-bond acceptors (Lipinski definition) is 7. The van der Waals surface area contributed by atoms with Crippen molar-refractivity contribution in [2.75, 3.05) is 24.3 Å². The number of carbonyl (C=O) groups is 1. The van der Waals surface area contributed by atoms with Gasteiger partial charge in [0.1, 0.15) is 23.5 Å². The molecule has 180 valence electrons. The summed E-state index contributed by atoms with van der Waals surface area (Å²) in [5.74, 6) is 0.510. The number of carbonyl (C=O) groups excluding carboxylic acids is 1. The van der Waals surface area contributed by atoms with Gasteiger partial charge in [0.2, 0.25) is 11.9 Å². The lowest BCUT2D eigenvalue weighted by atomic mass is 9.92. The minimum Gasteiger partial charge on any atom is -0.497 e. The summed E-state index contributed by atoms with van der Waals surface area (Å²) in [6.45, 7) is 2.96. The quantitative estimate of drug-likeness (QED) is 0.560. The van der Waals surface area contributed by atoms with E-state index >= 15 is 0 Å². The number of rotatable bonds is 6. The highest BCUT2D eigenvalue weighted by Crippen LogP contribution is 2.30. The van der Waals surface area contributed by atoms with E-state index in [1.54, 1.807) is 19.2 Å². The van der Waals surface area contributed by atoms with Crippen LogP contribution in [0.4, 0.5) is 16.2 Å². The predicted octanol–water partition coefficient (Wildman–Crippen LogP) is 3.67. The lowest BCUT2D eigenvalue weighted by molar-refractivity contribution is -0.125. The minimum atomic E-state index is -0.622. The van der Waals surface area contributed by atoms with Gasteiger partial charge in [0.25, 0.3) is 0 Å². The molecule has 3 N–H and O–H groups in total. The van der Waals surface area contributed by atoms with Crippen molar-refractivity contribution in [2.24, 2.45) is 5.92 Å². The van der Waals surface area contributed by atoms with Crippen LogP contribution in [0.25, 0.3) is 11.3 Å². The average molecular weight is 475 g/mol. The maximum absolute atomic E-state index is 14.2. The fraction of sp³-hybridized carbons (Fsp3) is 0.308. The molecule has 0 radical (unpaired) electrons. The molecule has 0 saturated carbocycles. The SMILES string of the molecule is COc1cccc(CNC(=O)C2CCC(C)N(c3cc(-c4ccc(C#N)c(F)c4)nc(N)n3)C2)c1. The molecule has 2 atom stereocenters. The molecule has 0 aliphatic carbocycles. The summed E-state index contributed by atoms with van der Waals surface area (Å²) in [7, 11) is 1.61. The number of piperidine rings is 1. The first-order valence-corrected chi connectivity index (χ1v) is 11.4. The van der Waals surface area contributed by atoms with Crippen molar-refractivity contribution in [2.45, 2.75) is 32.4 Å². The zero-order chi connectivity index (χ0) is 24.9.